The summed E-state index contributed by atoms with van der Waals surface area (Å²) >= 11 is 8.87. The predicted octanol–water partition coefficient (Wildman–Crippen LogP) is 14.2. The van der Waals surface area contributed by atoms with Gasteiger partial charge in [-0.05, 0) is 117 Å². The van der Waals surface area contributed by atoms with E-state index >= 15 is 13.2 Å². The predicted molar refractivity (Wildman–Crippen MR) is 289 cm³/mol. The first kappa shape index (κ1) is 50.7. The van der Waals surface area contributed by atoms with Crippen LogP contribution >= 0.6 is 32.6 Å². The second-order valence-electron chi connectivity index (χ2n) is 21.8. The number of hydrogen-bond donors (Lipinski definition) is 0. The van der Waals surface area contributed by atoms with E-state index in [9.17, 15) is 4.79 Å². The molecular formula is C55H65ClF3N6O2PSSi. The van der Waals surface area contributed by atoms with Gasteiger partial charge in [-0.3, -0.25) is 9.80 Å². The van der Waals surface area contributed by atoms with Crippen molar-refractivity contribution in [2.45, 2.75) is 146 Å². The number of aromatic nitrogens is 2. The summed E-state index contributed by atoms with van der Waals surface area (Å²) in [5.74, 6) is 3.29. The van der Waals surface area contributed by atoms with Gasteiger partial charge in [-0.2, -0.15) is 0 Å². The number of nitrogens with zero attached hydrogens (tertiary/aromatic N) is 6. The first-order chi connectivity index (χ1) is 33.2. The number of amides is 1. The molecule has 4 aromatic carbocycles. The fourth-order valence-corrected chi connectivity index (χ4v) is 19.3. The van der Waals surface area contributed by atoms with Crippen LogP contribution in [-0.4, -0.2) is 101 Å². The second kappa shape index (κ2) is 19.7. The molecule has 0 spiro atoms. The molecule has 3 unspecified atom stereocenters. The molecule has 8 nitrogen and oxygen atoms in total. The summed E-state index contributed by atoms with van der Waals surface area (Å²) in [4.78, 5) is 35.0. The lowest BCUT2D eigenvalue weighted by atomic mass is 9.92. The van der Waals surface area contributed by atoms with Crippen LogP contribution in [-0.2, 0) is 4.74 Å². The fraction of sp³-hybridized carbons (Fsp3) is 0.491. The van der Waals surface area contributed by atoms with Gasteiger partial charge in [-0.1, -0.05) is 116 Å². The number of benzene rings is 4. The van der Waals surface area contributed by atoms with Gasteiger partial charge in [0.05, 0.1) is 33.8 Å². The molecule has 4 aliphatic heterocycles. The van der Waals surface area contributed by atoms with Crippen LogP contribution in [0, 0.1) is 23.1 Å². The average Bonchev–Trinajstić information content (AvgIpc) is 3.92. The number of hydrogen-bond acceptors (Lipinski definition) is 8. The third-order valence-corrected chi connectivity index (χ3v) is 23.5. The van der Waals surface area contributed by atoms with E-state index in [0.717, 1.165) is 37.8 Å². The van der Waals surface area contributed by atoms with Gasteiger partial charge in [0.2, 0.25) is 0 Å². The largest absolute Gasteiger partial charge is 0.444 e. The molecule has 1 aromatic heterocycles. The molecule has 4 saturated heterocycles. The number of anilines is 1. The van der Waals surface area contributed by atoms with Crippen LogP contribution in [0.4, 0.5) is 29.5 Å². The third-order valence-electron chi connectivity index (χ3n) is 15.4. The highest BCUT2D eigenvalue weighted by Gasteiger charge is 2.49. The molecule has 9 rings (SSSR count). The first-order valence-electron chi connectivity index (χ1n) is 24.9. The Balaban J connectivity index is 1.25. The van der Waals surface area contributed by atoms with Gasteiger partial charge in [-0.25, -0.2) is 32.9 Å². The molecule has 15 heteroatoms. The van der Waals surface area contributed by atoms with Crippen LogP contribution in [0.1, 0.15) is 106 Å². The minimum Gasteiger partial charge on any atom is -0.444 e. The number of ether oxygens (including phenoxy) is 1. The zero-order valence-corrected chi connectivity index (χ0v) is 45.5. The maximum Gasteiger partial charge on any atom is 0.410 e. The number of alkyl halides is 1. The quantitative estimate of drug-likeness (QED) is 0.0344. The molecule has 4 fully saturated rings. The number of carbonyl (C=O) groups excluding carboxylic acids is 1. The van der Waals surface area contributed by atoms with Crippen molar-refractivity contribution in [2.75, 3.05) is 36.8 Å². The monoisotopic (exact) mass is 1020 g/mol. The van der Waals surface area contributed by atoms with E-state index in [1.54, 1.807) is 18.2 Å². The molecule has 2 bridgehead atoms. The van der Waals surface area contributed by atoms with Gasteiger partial charge in [0.15, 0.2) is 11.0 Å². The summed E-state index contributed by atoms with van der Waals surface area (Å²) in [5, 5.41) is 1.97. The Bertz CT molecular complexity index is 2910. The Morgan fingerprint density at radius 3 is 2.33 bits per heavy atom. The molecular weight excluding hydrogens is 960 g/mol. The van der Waals surface area contributed by atoms with Gasteiger partial charge in [0.1, 0.15) is 37.0 Å². The molecule has 0 saturated carbocycles. The van der Waals surface area contributed by atoms with Crippen LogP contribution in [0.15, 0.2) is 70.8 Å². The highest BCUT2D eigenvalue weighted by molar-refractivity contribution is 7.99. The molecule has 5 atom stereocenters. The van der Waals surface area contributed by atoms with Crippen molar-refractivity contribution < 1.29 is 22.7 Å². The minimum absolute atomic E-state index is 0.0574. The molecule has 1 amide bonds. The van der Waals surface area contributed by atoms with Crippen LogP contribution in [0.5, 0.6) is 0 Å². The maximum absolute atomic E-state index is 18.5. The fourth-order valence-electron chi connectivity index (χ4n) is 12.3. The lowest BCUT2D eigenvalue weighted by molar-refractivity contribution is 0.0122. The van der Waals surface area contributed by atoms with E-state index in [1.165, 1.54) is 17.8 Å². The van der Waals surface area contributed by atoms with Crippen LogP contribution in [0.2, 0.25) is 21.6 Å². The molecule has 70 heavy (non-hydrogen) atoms. The zero-order valence-electron chi connectivity index (χ0n) is 41.8. The zero-order chi connectivity index (χ0) is 50.0. The van der Waals surface area contributed by atoms with Crippen molar-refractivity contribution in [1.82, 2.24) is 19.8 Å². The summed E-state index contributed by atoms with van der Waals surface area (Å²) in [7, 11) is 0.350. The molecule has 4 aliphatic rings. The summed E-state index contributed by atoms with van der Waals surface area (Å²) in [6.07, 6.45) is 2.63. The van der Waals surface area contributed by atoms with Gasteiger partial charge >= 0.3 is 6.09 Å². The van der Waals surface area contributed by atoms with Crippen LogP contribution in [0.3, 0.4) is 0 Å². The van der Waals surface area contributed by atoms with Crippen LogP contribution in [0.25, 0.3) is 32.8 Å². The number of halogens is 4. The summed E-state index contributed by atoms with van der Waals surface area (Å²) in [6.45, 7) is 21.1. The van der Waals surface area contributed by atoms with E-state index in [2.05, 4.69) is 72.0 Å². The summed E-state index contributed by atoms with van der Waals surface area (Å²) < 4.78 is 56.1. The summed E-state index contributed by atoms with van der Waals surface area (Å²) in [6, 6.07) is 18.0. The maximum atomic E-state index is 18.5. The molecule has 370 valence electrons. The van der Waals surface area contributed by atoms with Gasteiger partial charge in [-0.15, -0.1) is 5.54 Å². The number of fused-ring (bicyclic) bond motifs is 5. The topological polar surface area (TPSA) is 74.2 Å². The molecule has 5 heterocycles. The highest BCUT2D eigenvalue weighted by Crippen LogP contribution is 2.48. The Kier molecular flexibility index (Phi) is 14.3. The Hall–Kier alpha value is -4.18. The van der Waals surface area contributed by atoms with Crippen molar-refractivity contribution in [3.05, 3.63) is 88.4 Å². The number of rotatable bonds is 10. The Morgan fingerprint density at radius 2 is 1.67 bits per heavy atom. The van der Waals surface area contributed by atoms with Gasteiger partial charge < -0.3 is 9.64 Å². The third kappa shape index (κ3) is 9.50. The second-order valence-corrected chi connectivity index (χ2v) is 29.3. The minimum atomic E-state index is -2.36. The number of piperazine rings is 1. The standard InChI is InChI=1S/C55H65ClF3N6O2PSSi/c1-32(2)70(33(3)4,34(5)6)23-20-41-45(58)19-16-36-24-38(60-51(68)35-14-11-10-12-15-35)25-42(46(36)41)47-44(56)26-43-49(48(47)59)61-52(69-31-55-21-13-22-64(55)28-37(57)27-55)62-50(43)63-29-39-17-18-40(30-63)65(39)53(66)67-54(7,8)9/h10-12,14-16,19,24-26,32-34,37,39-40H,13,17-18,21-22,27-31,68H2,1-9H3/t37-,39?,40?,55+/m1/s1. The normalized spacial score (nSPS) is 22.0. The SMILES string of the molecule is CC(C)[Si](C#Cc1c(F)ccc2cc(N=C(P)c3ccccc3)cc(-c3c(Cl)cc4c(N5CC6CCC(C5)N6C(=O)OC(C)(C)C)nc(SC[C@@]56CCCN5C[C@H](F)C6)nc4c3F)c12)(C(C)C)C(C)C. The molecule has 0 aliphatic carbocycles. The van der Waals surface area contributed by atoms with Crippen molar-refractivity contribution in [3.8, 4) is 22.6 Å². The smallest absolute Gasteiger partial charge is 0.410 e. The van der Waals surface area contributed by atoms with E-state index in [1.807, 2.05) is 62.1 Å². The van der Waals surface area contributed by atoms with Crippen molar-refractivity contribution in [2.24, 2.45) is 4.99 Å². The Morgan fingerprint density at radius 1 is 0.986 bits per heavy atom. The lowest BCUT2D eigenvalue weighted by Crippen LogP contribution is -2.57. The number of carbonyl (C=O) groups is 1. The lowest BCUT2D eigenvalue weighted by Gasteiger charge is -2.42. The van der Waals surface area contributed by atoms with E-state index in [-0.39, 0.29) is 45.4 Å². The van der Waals surface area contributed by atoms with E-state index in [4.69, 9.17) is 31.3 Å². The first-order valence-corrected chi connectivity index (χ1v) is 29.0. The van der Waals surface area contributed by atoms with Crippen molar-refractivity contribution in [3.63, 3.8) is 0 Å². The highest BCUT2D eigenvalue weighted by atomic mass is 35.5. The summed E-state index contributed by atoms with van der Waals surface area (Å²) in [5.41, 5.74) is 6.38. The van der Waals surface area contributed by atoms with Crippen molar-refractivity contribution >= 4 is 85.4 Å². The Labute approximate surface area is 424 Å². The van der Waals surface area contributed by atoms with E-state index < -0.39 is 31.5 Å². The average molecular weight is 1030 g/mol. The molecule has 5 aromatic rings. The number of thioether (sulfide) groups is 1. The molecule has 0 radical (unpaired) electrons. The van der Waals surface area contributed by atoms with Crippen molar-refractivity contribution in [1.29, 1.82) is 0 Å². The van der Waals surface area contributed by atoms with E-state index in [0.29, 0.717) is 92.3 Å². The van der Waals surface area contributed by atoms with Gasteiger partial charge in [0, 0.05) is 47.3 Å². The van der Waals surface area contributed by atoms with Gasteiger partial charge in [0.25, 0.3) is 0 Å². The van der Waals surface area contributed by atoms with Crippen LogP contribution < -0.4 is 4.90 Å². The number of aliphatic imine (C=N–C) groups is 1. The molecule has 0 N–H and O–H groups in total.